The normalized spacial score (nSPS) is 24.1. The van der Waals surface area contributed by atoms with E-state index in [2.05, 4.69) is 22.5 Å². The molecule has 0 radical (unpaired) electrons. The van der Waals surface area contributed by atoms with Gasteiger partial charge in [0.1, 0.15) is 13.2 Å². The molecule has 2 saturated carbocycles. The molecule has 1 aromatic heterocycles. The van der Waals surface area contributed by atoms with E-state index in [9.17, 15) is 4.79 Å². The molecule has 0 amide bonds. The van der Waals surface area contributed by atoms with Gasteiger partial charge in [0.25, 0.3) is 5.56 Å². The van der Waals surface area contributed by atoms with Gasteiger partial charge in [0.05, 0.1) is 11.7 Å². The average Bonchev–Trinajstić information content (AvgIpc) is 3.58. The Labute approximate surface area is 164 Å². The van der Waals surface area contributed by atoms with Crippen molar-refractivity contribution in [2.24, 2.45) is 0 Å². The minimum Gasteiger partial charge on any atom is -0.486 e. The summed E-state index contributed by atoms with van der Waals surface area (Å²) in [5.74, 6) is 2.26. The molecule has 6 nitrogen and oxygen atoms in total. The summed E-state index contributed by atoms with van der Waals surface area (Å²) < 4.78 is 13.0. The van der Waals surface area contributed by atoms with E-state index in [1.54, 1.807) is 10.7 Å². The van der Waals surface area contributed by atoms with Crippen LogP contribution in [-0.4, -0.2) is 29.0 Å². The SMILES string of the molecule is O=c1ccc(C2CC2)nn1C1CCC(NCc2ccc3c(c2)OCCO3)CC1. The Morgan fingerprint density at radius 2 is 1.75 bits per heavy atom. The Morgan fingerprint density at radius 1 is 0.964 bits per heavy atom. The van der Waals surface area contributed by atoms with Gasteiger partial charge in [-0.25, -0.2) is 4.68 Å². The fraction of sp³-hybridized carbons (Fsp3) is 0.545. The van der Waals surface area contributed by atoms with Gasteiger partial charge < -0.3 is 14.8 Å². The van der Waals surface area contributed by atoms with Gasteiger partial charge >= 0.3 is 0 Å². The molecule has 1 aromatic carbocycles. The lowest BCUT2D eigenvalue weighted by Crippen LogP contribution is -2.36. The van der Waals surface area contributed by atoms with E-state index in [4.69, 9.17) is 9.47 Å². The number of fused-ring (bicyclic) bond motifs is 1. The summed E-state index contributed by atoms with van der Waals surface area (Å²) in [6.07, 6.45) is 6.55. The molecule has 0 unspecified atom stereocenters. The Bertz CT molecular complexity index is 898. The minimum absolute atomic E-state index is 0.0390. The highest BCUT2D eigenvalue weighted by Crippen LogP contribution is 2.39. The molecular weight excluding hydrogens is 354 g/mol. The van der Waals surface area contributed by atoms with E-state index >= 15 is 0 Å². The van der Waals surface area contributed by atoms with Crippen molar-refractivity contribution in [3.8, 4) is 11.5 Å². The summed E-state index contributed by atoms with van der Waals surface area (Å²) in [5, 5.41) is 8.34. The highest BCUT2D eigenvalue weighted by molar-refractivity contribution is 5.43. The topological polar surface area (TPSA) is 65.4 Å². The summed E-state index contributed by atoms with van der Waals surface area (Å²) >= 11 is 0. The van der Waals surface area contributed by atoms with Crippen LogP contribution in [-0.2, 0) is 6.54 Å². The van der Waals surface area contributed by atoms with Gasteiger partial charge in [0.2, 0.25) is 0 Å². The number of nitrogens with one attached hydrogen (secondary N) is 1. The Balaban J connectivity index is 1.17. The van der Waals surface area contributed by atoms with Crippen molar-refractivity contribution in [3.05, 3.63) is 51.9 Å². The number of nitrogens with zero attached hydrogens (tertiary/aromatic N) is 2. The van der Waals surface area contributed by atoms with Crippen molar-refractivity contribution in [1.82, 2.24) is 15.1 Å². The number of ether oxygens (including phenoxy) is 2. The van der Waals surface area contributed by atoms with Crippen molar-refractivity contribution in [2.45, 2.75) is 63.1 Å². The van der Waals surface area contributed by atoms with E-state index in [1.165, 1.54) is 18.4 Å². The first kappa shape index (κ1) is 17.7. The van der Waals surface area contributed by atoms with E-state index in [0.29, 0.717) is 25.2 Å². The summed E-state index contributed by atoms with van der Waals surface area (Å²) in [6, 6.07) is 10.5. The van der Waals surface area contributed by atoms with Gasteiger partial charge in [0.15, 0.2) is 11.5 Å². The highest BCUT2D eigenvalue weighted by Gasteiger charge is 2.28. The molecule has 2 aliphatic carbocycles. The molecule has 148 valence electrons. The van der Waals surface area contributed by atoms with Gasteiger partial charge in [-0.15, -0.1) is 0 Å². The molecule has 0 saturated heterocycles. The van der Waals surface area contributed by atoms with Crippen molar-refractivity contribution >= 4 is 0 Å². The van der Waals surface area contributed by atoms with Gasteiger partial charge in [-0.2, -0.15) is 5.10 Å². The summed E-state index contributed by atoms with van der Waals surface area (Å²) in [6.45, 7) is 2.06. The zero-order valence-electron chi connectivity index (χ0n) is 16.1. The number of benzene rings is 1. The Morgan fingerprint density at radius 3 is 2.54 bits per heavy atom. The van der Waals surface area contributed by atoms with Crippen LogP contribution < -0.4 is 20.3 Å². The first-order valence-electron chi connectivity index (χ1n) is 10.5. The van der Waals surface area contributed by atoms with Crippen molar-refractivity contribution in [2.75, 3.05) is 13.2 Å². The van der Waals surface area contributed by atoms with Crippen molar-refractivity contribution in [1.29, 1.82) is 0 Å². The van der Waals surface area contributed by atoms with Crippen molar-refractivity contribution in [3.63, 3.8) is 0 Å². The second kappa shape index (κ2) is 7.59. The highest BCUT2D eigenvalue weighted by atomic mass is 16.6. The third-order valence-electron chi connectivity index (χ3n) is 6.09. The molecule has 28 heavy (non-hydrogen) atoms. The first-order chi connectivity index (χ1) is 13.8. The lowest BCUT2D eigenvalue weighted by molar-refractivity contribution is 0.171. The van der Waals surface area contributed by atoms with E-state index < -0.39 is 0 Å². The molecule has 2 aromatic rings. The first-order valence-corrected chi connectivity index (χ1v) is 10.5. The van der Waals surface area contributed by atoms with Gasteiger partial charge in [-0.3, -0.25) is 4.79 Å². The predicted octanol–water partition coefficient (Wildman–Crippen LogP) is 3.17. The third kappa shape index (κ3) is 3.78. The number of rotatable bonds is 5. The van der Waals surface area contributed by atoms with Crippen LogP contribution in [0.1, 0.15) is 61.7 Å². The molecule has 0 spiro atoms. The summed E-state index contributed by atoms with van der Waals surface area (Å²) in [5.41, 5.74) is 2.34. The Kier molecular flexibility index (Phi) is 4.81. The quantitative estimate of drug-likeness (QED) is 0.862. The predicted molar refractivity (Wildman–Crippen MR) is 106 cm³/mol. The fourth-order valence-electron chi connectivity index (χ4n) is 4.28. The van der Waals surface area contributed by atoms with Gasteiger partial charge in [-0.1, -0.05) is 6.07 Å². The zero-order chi connectivity index (χ0) is 18.9. The Hall–Kier alpha value is -2.34. The molecule has 0 atom stereocenters. The second-order valence-electron chi connectivity index (χ2n) is 8.18. The van der Waals surface area contributed by atoms with Crippen LogP contribution in [0.4, 0.5) is 0 Å². The van der Waals surface area contributed by atoms with Crippen LogP contribution in [0.2, 0.25) is 0 Å². The zero-order valence-corrected chi connectivity index (χ0v) is 16.1. The second-order valence-corrected chi connectivity index (χ2v) is 8.18. The molecule has 0 bridgehead atoms. The molecule has 6 heteroatoms. The fourth-order valence-corrected chi connectivity index (χ4v) is 4.28. The maximum atomic E-state index is 12.3. The molecule has 2 fully saturated rings. The monoisotopic (exact) mass is 381 g/mol. The number of aromatic nitrogens is 2. The molecule has 5 rings (SSSR count). The van der Waals surface area contributed by atoms with E-state index in [1.807, 2.05) is 12.1 Å². The molecule has 2 heterocycles. The van der Waals surface area contributed by atoms with Crippen LogP contribution in [0.5, 0.6) is 11.5 Å². The van der Waals surface area contributed by atoms with Crippen LogP contribution in [0.25, 0.3) is 0 Å². The number of hydrogen-bond donors (Lipinski definition) is 1. The summed E-state index contributed by atoms with van der Waals surface area (Å²) in [4.78, 5) is 12.3. The summed E-state index contributed by atoms with van der Waals surface area (Å²) in [7, 11) is 0. The van der Waals surface area contributed by atoms with E-state index in [-0.39, 0.29) is 11.6 Å². The maximum Gasteiger partial charge on any atom is 0.267 e. The van der Waals surface area contributed by atoms with Crippen molar-refractivity contribution < 1.29 is 9.47 Å². The van der Waals surface area contributed by atoms with Gasteiger partial charge in [0, 0.05) is 24.6 Å². The van der Waals surface area contributed by atoms with Crippen LogP contribution in [0.15, 0.2) is 35.1 Å². The van der Waals surface area contributed by atoms with Gasteiger partial charge in [-0.05, 0) is 62.3 Å². The van der Waals surface area contributed by atoms with E-state index in [0.717, 1.165) is 49.4 Å². The lowest BCUT2D eigenvalue weighted by Gasteiger charge is -2.30. The number of hydrogen-bond acceptors (Lipinski definition) is 5. The minimum atomic E-state index is 0.0390. The average molecular weight is 381 g/mol. The third-order valence-corrected chi connectivity index (χ3v) is 6.09. The van der Waals surface area contributed by atoms with Crippen LogP contribution in [0.3, 0.4) is 0 Å². The molecule has 3 aliphatic rings. The van der Waals surface area contributed by atoms with Crippen LogP contribution in [0, 0.1) is 0 Å². The van der Waals surface area contributed by atoms with Crippen LogP contribution >= 0.6 is 0 Å². The molecule has 1 N–H and O–H groups in total. The largest absolute Gasteiger partial charge is 0.486 e. The molecular formula is C22H27N3O3. The maximum absolute atomic E-state index is 12.3. The lowest BCUT2D eigenvalue weighted by atomic mass is 9.91. The smallest absolute Gasteiger partial charge is 0.267 e. The molecule has 1 aliphatic heterocycles. The standard InChI is InChI=1S/C22H27N3O3/c26-22-10-8-19(16-2-3-16)24-25(22)18-6-4-17(5-7-18)23-14-15-1-9-20-21(13-15)28-12-11-27-20/h1,8-10,13,16-18,23H,2-7,11-12,14H2.